The van der Waals surface area contributed by atoms with Crippen LogP contribution in [0.2, 0.25) is 0 Å². The number of alkyl halides is 3. The summed E-state index contributed by atoms with van der Waals surface area (Å²) in [6.07, 6.45) is -0.146. The number of aliphatic hydroxyl groups is 1. The van der Waals surface area contributed by atoms with Gasteiger partial charge in [-0.25, -0.2) is 0 Å². The summed E-state index contributed by atoms with van der Waals surface area (Å²) in [6, 6.07) is 13.6. The van der Waals surface area contributed by atoms with Crippen molar-refractivity contribution in [3.63, 3.8) is 0 Å². The molecule has 2 amide bonds. The van der Waals surface area contributed by atoms with E-state index in [9.17, 15) is 22.8 Å². The number of benzene rings is 2. The smallest absolute Gasteiger partial charge is 0.416 e. The summed E-state index contributed by atoms with van der Waals surface area (Å²) in [5.74, 6) is -0.744. The number of aromatic nitrogens is 1. The Hall–Kier alpha value is -4.18. The van der Waals surface area contributed by atoms with Crippen molar-refractivity contribution in [3.05, 3.63) is 94.8 Å². The number of aryl methyl sites for hydroxylation is 1. The number of rotatable bonds is 10. The summed E-state index contributed by atoms with van der Waals surface area (Å²) in [5, 5.41) is 11.3. The molecule has 0 spiro atoms. The molecule has 10 heteroatoms. The average Bonchev–Trinajstić information content (AvgIpc) is 2.85. The number of ether oxygens (including phenoxy) is 1. The molecule has 1 aromatic heterocycles. The highest BCUT2D eigenvalue weighted by Gasteiger charge is 2.33. The van der Waals surface area contributed by atoms with Crippen molar-refractivity contribution in [1.29, 1.82) is 0 Å². The standard InChI is InChI=1S/C26H24F3N3O4/c27-26(28,29)22-15-20(8-7-19(22)4-2-12-33)32-24(34)9-6-17-3-1-5-21(13-17)36-16-18-10-11-31-23(14-18)25(30)35/h1,3,5-11,13-15,33H,2,4,12,16H2,(H2,30,35)(H,32,34). The Bertz CT molecular complexity index is 1260. The predicted octanol–water partition coefficient (Wildman–Crippen LogP) is 4.36. The number of anilines is 1. The van der Waals surface area contributed by atoms with Crippen LogP contribution in [0.1, 0.15) is 39.2 Å². The van der Waals surface area contributed by atoms with E-state index in [4.69, 9.17) is 15.6 Å². The van der Waals surface area contributed by atoms with Crippen LogP contribution < -0.4 is 15.8 Å². The van der Waals surface area contributed by atoms with E-state index in [0.717, 1.165) is 6.07 Å². The van der Waals surface area contributed by atoms with Crippen molar-refractivity contribution in [2.45, 2.75) is 25.6 Å². The van der Waals surface area contributed by atoms with Gasteiger partial charge in [-0.3, -0.25) is 14.6 Å². The quantitative estimate of drug-likeness (QED) is 0.359. The maximum absolute atomic E-state index is 13.4. The summed E-state index contributed by atoms with van der Waals surface area (Å²) >= 11 is 0. The molecule has 188 valence electrons. The maximum atomic E-state index is 13.4. The van der Waals surface area contributed by atoms with Crippen molar-refractivity contribution in [2.75, 3.05) is 11.9 Å². The summed E-state index contributed by atoms with van der Waals surface area (Å²) in [6.45, 7) is -0.0565. The van der Waals surface area contributed by atoms with Crippen molar-refractivity contribution in [3.8, 4) is 5.75 Å². The molecule has 0 bridgehead atoms. The van der Waals surface area contributed by atoms with Gasteiger partial charge < -0.3 is 20.9 Å². The van der Waals surface area contributed by atoms with Gasteiger partial charge in [0.05, 0.1) is 5.56 Å². The van der Waals surface area contributed by atoms with Gasteiger partial charge in [-0.1, -0.05) is 18.2 Å². The predicted molar refractivity (Wildman–Crippen MR) is 128 cm³/mol. The minimum atomic E-state index is -4.58. The van der Waals surface area contributed by atoms with E-state index in [1.54, 1.807) is 30.3 Å². The Morgan fingerprint density at radius 2 is 1.92 bits per heavy atom. The molecule has 0 saturated heterocycles. The van der Waals surface area contributed by atoms with Crippen LogP contribution >= 0.6 is 0 Å². The first kappa shape index (κ1) is 26.4. The average molecular weight is 499 g/mol. The summed E-state index contributed by atoms with van der Waals surface area (Å²) in [4.78, 5) is 27.4. The minimum absolute atomic E-state index is 0.00879. The number of nitrogens with one attached hydrogen (secondary N) is 1. The third-order valence-electron chi connectivity index (χ3n) is 5.05. The minimum Gasteiger partial charge on any atom is -0.489 e. The number of carbonyl (C=O) groups excluding carboxylic acids is 2. The fourth-order valence-corrected chi connectivity index (χ4v) is 3.33. The summed E-state index contributed by atoms with van der Waals surface area (Å²) < 4.78 is 45.9. The van der Waals surface area contributed by atoms with Gasteiger partial charge in [0.15, 0.2) is 0 Å². The molecule has 0 aliphatic carbocycles. The summed E-state index contributed by atoms with van der Waals surface area (Å²) in [5.41, 5.74) is 5.89. The number of carbonyl (C=O) groups is 2. The van der Waals surface area contributed by atoms with Gasteiger partial charge in [0, 0.05) is 24.6 Å². The molecular weight excluding hydrogens is 475 g/mol. The number of primary amides is 1. The van der Waals surface area contributed by atoms with Gasteiger partial charge in [-0.05, 0) is 72.0 Å². The van der Waals surface area contributed by atoms with Crippen molar-refractivity contribution < 1.29 is 32.6 Å². The van der Waals surface area contributed by atoms with E-state index in [1.165, 1.54) is 36.5 Å². The van der Waals surface area contributed by atoms with E-state index < -0.39 is 23.6 Å². The molecule has 0 aliphatic heterocycles. The Morgan fingerprint density at radius 3 is 2.64 bits per heavy atom. The van der Waals surface area contributed by atoms with Gasteiger partial charge >= 0.3 is 6.18 Å². The van der Waals surface area contributed by atoms with E-state index in [0.29, 0.717) is 16.9 Å². The Morgan fingerprint density at radius 1 is 1.11 bits per heavy atom. The number of hydrogen-bond donors (Lipinski definition) is 3. The van der Waals surface area contributed by atoms with E-state index in [2.05, 4.69) is 10.3 Å². The number of aliphatic hydroxyl groups excluding tert-OH is 1. The second-order valence-electron chi connectivity index (χ2n) is 7.79. The Kier molecular flexibility index (Phi) is 8.80. The van der Waals surface area contributed by atoms with Crippen LogP contribution in [0.4, 0.5) is 18.9 Å². The number of hydrogen-bond acceptors (Lipinski definition) is 5. The molecule has 7 nitrogen and oxygen atoms in total. The molecule has 3 rings (SSSR count). The second-order valence-corrected chi connectivity index (χ2v) is 7.79. The summed E-state index contributed by atoms with van der Waals surface area (Å²) in [7, 11) is 0. The Balaban J connectivity index is 1.64. The highest BCUT2D eigenvalue weighted by atomic mass is 19.4. The SMILES string of the molecule is NC(=O)c1cc(COc2cccc(C=CC(=O)Nc3ccc(CCCO)c(C(F)(F)F)c3)c2)ccn1. The van der Waals surface area contributed by atoms with Crippen LogP contribution in [0.25, 0.3) is 6.08 Å². The van der Waals surface area contributed by atoms with Gasteiger partial charge in [0.1, 0.15) is 18.1 Å². The third-order valence-corrected chi connectivity index (χ3v) is 5.05. The molecular formula is C26H24F3N3O4. The van der Waals surface area contributed by atoms with Crippen LogP contribution in [0.5, 0.6) is 5.75 Å². The molecule has 3 aromatic rings. The third kappa shape index (κ3) is 7.67. The second kappa shape index (κ2) is 12.0. The Labute approximate surface area is 205 Å². The largest absolute Gasteiger partial charge is 0.489 e. The van der Waals surface area contributed by atoms with Crippen molar-refractivity contribution in [2.24, 2.45) is 5.73 Å². The van der Waals surface area contributed by atoms with Crippen LogP contribution in [-0.2, 0) is 24.0 Å². The normalized spacial score (nSPS) is 11.4. The lowest BCUT2D eigenvalue weighted by Gasteiger charge is -2.14. The molecule has 0 saturated carbocycles. The lowest BCUT2D eigenvalue weighted by atomic mass is 10.0. The number of amides is 2. The van der Waals surface area contributed by atoms with Crippen LogP contribution in [-0.4, -0.2) is 28.5 Å². The first-order chi connectivity index (χ1) is 17.2. The monoisotopic (exact) mass is 499 g/mol. The van der Waals surface area contributed by atoms with Crippen molar-refractivity contribution >= 4 is 23.6 Å². The van der Waals surface area contributed by atoms with Gasteiger partial charge in [0.2, 0.25) is 5.91 Å². The molecule has 1 heterocycles. The zero-order valence-corrected chi connectivity index (χ0v) is 19.1. The molecule has 0 unspecified atom stereocenters. The lowest BCUT2D eigenvalue weighted by Crippen LogP contribution is -2.13. The van der Waals surface area contributed by atoms with Crippen LogP contribution in [0.3, 0.4) is 0 Å². The van der Waals surface area contributed by atoms with E-state index in [-0.39, 0.29) is 43.0 Å². The lowest BCUT2D eigenvalue weighted by molar-refractivity contribution is -0.138. The highest BCUT2D eigenvalue weighted by Crippen LogP contribution is 2.34. The number of nitrogens with zero attached hydrogens (tertiary/aromatic N) is 1. The maximum Gasteiger partial charge on any atom is 0.416 e. The number of pyridine rings is 1. The number of halogens is 3. The fraction of sp³-hybridized carbons (Fsp3) is 0.192. The van der Waals surface area contributed by atoms with Crippen molar-refractivity contribution in [1.82, 2.24) is 4.98 Å². The highest BCUT2D eigenvalue weighted by molar-refractivity contribution is 6.02. The van der Waals surface area contributed by atoms with Gasteiger partial charge in [0.25, 0.3) is 5.91 Å². The van der Waals surface area contributed by atoms with E-state index >= 15 is 0 Å². The molecule has 0 radical (unpaired) electrons. The van der Waals surface area contributed by atoms with Crippen LogP contribution in [0.15, 0.2) is 66.9 Å². The first-order valence-corrected chi connectivity index (χ1v) is 10.9. The fourth-order valence-electron chi connectivity index (χ4n) is 3.33. The molecule has 4 N–H and O–H groups in total. The molecule has 2 aromatic carbocycles. The van der Waals surface area contributed by atoms with Gasteiger partial charge in [-0.2, -0.15) is 13.2 Å². The molecule has 0 aliphatic rings. The van der Waals surface area contributed by atoms with Crippen LogP contribution in [0, 0.1) is 0 Å². The van der Waals surface area contributed by atoms with E-state index in [1.807, 2.05) is 0 Å². The zero-order valence-electron chi connectivity index (χ0n) is 19.1. The zero-order chi connectivity index (χ0) is 26.1. The number of nitrogens with two attached hydrogens (primary N) is 1. The molecule has 36 heavy (non-hydrogen) atoms. The first-order valence-electron chi connectivity index (χ1n) is 10.9. The molecule has 0 fully saturated rings. The van der Waals surface area contributed by atoms with Gasteiger partial charge in [-0.15, -0.1) is 0 Å². The molecule has 0 atom stereocenters. The topological polar surface area (TPSA) is 115 Å².